The molecule has 0 saturated carbocycles. The molecule has 0 bridgehead atoms. The van der Waals surface area contributed by atoms with Gasteiger partial charge in [-0.2, -0.15) is 4.98 Å². The van der Waals surface area contributed by atoms with Gasteiger partial charge in [-0.15, -0.1) is 0 Å². The van der Waals surface area contributed by atoms with Crippen molar-refractivity contribution < 1.29 is 33.7 Å². The number of nitrogens with one attached hydrogen (secondary N) is 3. The molecule has 38 heavy (non-hydrogen) atoms. The Morgan fingerprint density at radius 2 is 1.68 bits per heavy atom. The summed E-state index contributed by atoms with van der Waals surface area (Å²) >= 11 is 0. The predicted molar refractivity (Wildman–Crippen MR) is 140 cm³/mol. The van der Waals surface area contributed by atoms with Crippen molar-refractivity contribution in [2.45, 2.75) is 97.8 Å². The van der Waals surface area contributed by atoms with Gasteiger partial charge in [0.15, 0.2) is 11.5 Å². The summed E-state index contributed by atoms with van der Waals surface area (Å²) in [4.78, 5) is 58.5. The highest BCUT2D eigenvalue weighted by atomic mass is 16.6. The first-order valence-electron chi connectivity index (χ1n) is 12.3. The van der Waals surface area contributed by atoms with Gasteiger partial charge in [0.2, 0.25) is 5.95 Å². The highest BCUT2D eigenvalue weighted by Gasteiger charge is 2.43. The molecule has 0 saturated heterocycles. The lowest BCUT2D eigenvalue weighted by Gasteiger charge is -2.40. The quantitative estimate of drug-likeness (QED) is 0.260. The summed E-state index contributed by atoms with van der Waals surface area (Å²) in [6.07, 6.45) is -4.34. The number of nitrogen functional groups attached to an aromatic ring is 1. The van der Waals surface area contributed by atoms with Crippen molar-refractivity contribution in [3.63, 3.8) is 0 Å². The van der Waals surface area contributed by atoms with E-state index in [2.05, 4.69) is 20.6 Å². The van der Waals surface area contributed by atoms with E-state index in [0.29, 0.717) is 0 Å². The van der Waals surface area contributed by atoms with Crippen molar-refractivity contribution in [3.8, 4) is 0 Å². The summed E-state index contributed by atoms with van der Waals surface area (Å²) < 4.78 is 16.2. The zero-order valence-corrected chi connectivity index (χ0v) is 23.4. The molecular weight excluding hydrogens is 500 g/mol. The molecule has 0 aromatic carbocycles. The van der Waals surface area contributed by atoms with Crippen LogP contribution in [0.2, 0.25) is 0 Å². The zero-order chi connectivity index (χ0) is 29.2. The highest BCUT2D eigenvalue weighted by molar-refractivity contribution is 5.93. The largest absolute Gasteiger partial charge is 0.458 e. The molecule has 6 N–H and O–H groups in total. The minimum absolute atomic E-state index is 0.0339. The smallest absolute Gasteiger partial charge is 0.415 e. The summed E-state index contributed by atoms with van der Waals surface area (Å²) in [6.45, 7) is 14.8. The third-order valence-electron chi connectivity index (χ3n) is 5.32. The highest BCUT2D eigenvalue weighted by Crippen LogP contribution is 2.30. The van der Waals surface area contributed by atoms with Crippen molar-refractivity contribution in [1.29, 1.82) is 0 Å². The van der Waals surface area contributed by atoms with Crippen LogP contribution in [-0.4, -0.2) is 75.3 Å². The second-order valence-electron chi connectivity index (χ2n) is 11.4. The molecule has 1 aromatic rings. The Morgan fingerprint density at radius 3 is 2.21 bits per heavy atom. The number of hydrogen-bond donors (Lipinski definition) is 5. The molecule has 0 fully saturated rings. The van der Waals surface area contributed by atoms with Crippen LogP contribution in [0.25, 0.3) is 0 Å². The molecule has 14 nitrogen and oxygen atoms in total. The Hall–Kier alpha value is -3.55. The number of esters is 1. The number of hydrogen-bond acceptors (Lipinski definition) is 11. The van der Waals surface area contributed by atoms with E-state index in [1.165, 1.54) is 6.92 Å². The Labute approximate surface area is 221 Å². The summed E-state index contributed by atoms with van der Waals surface area (Å²) in [7, 11) is 0. The topological polar surface area (TPSA) is 198 Å². The van der Waals surface area contributed by atoms with Crippen LogP contribution in [0.4, 0.5) is 27.0 Å². The van der Waals surface area contributed by atoms with Gasteiger partial charge in [-0.1, -0.05) is 13.8 Å². The number of amides is 2. The summed E-state index contributed by atoms with van der Waals surface area (Å²) in [5.41, 5.74) is 3.02. The summed E-state index contributed by atoms with van der Waals surface area (Å²) in [5.74, 6) is -1.30. The molecule has 2 rings (SSSR count). The van der Waals surface area contributed by atoms with Gasteiger partial charge in [-0.25, -0.2) is 14.4 Å². The first-order valence-corrected chi connectivity index (χ1v) is 12.3. The number of rotatable bonds is 6. The predicted octanol–water partition coefficient (Wildman–Crippen LogP) is 1.73. The molecule has 1 aliphatic heterocycles. The van der Waals surface area contributed by atoms with Crippen LogP contribution in [0.3, 0.4) is 0 Å². The van der Waals surface area contributed by atoms with Crippen LogP contribution < -0.4 is 26.8 Å². The van der Waals surface area contributed by atoms with E-state index in [0.717, 1.165) is 4.90 Å². The molecule has 214 valence electrons. The monoisotopic (exact) mass is 540 g/mol. The van der Waals surface area contributed by atoms with Crippen molar-refractivity contribution in [3.05, 3.63) is 10.4 Å². The number of nitrogens with zero attached hydrogens (tertiary/aromatic N) is 2. The number of alkyl carbamates (subject to hydrolysis) is 1. The molecule has 4 atom stereocenters. The standard InChI is InChI=1S/C24H40N6O8/c1-11(2)14(27-21(34)37-23(4,5)6)19(33)36-12(3)16(31)13-10-26-17-15(18(32)29-20(25)28-17)30(13)22(35)38-24(7,8)9/h11-14,16,31H,10H2,1-9H3,(H,27,34)(H4,25,26,28,29,32). The number of aliphatic hydroxyl groups excluding tert-OH is 1. The normalized spacial score (nSPS) is 18.0. The van der Waals surface area contributed by atoms with Gasteiger partial charge in [-0.3, -0.25) is 14.7 Å². The number of aromatic amines is 1. The van der Waals surface area contributed by atoms with E-state index in [1.807, 2.05) is 0 Å². The molecule has 0 spiro atoms. The number of ether oxygens (including phenoxy) is 3. The van der Waals surface area contributed by atoms with Crippen molar-refractivity contribution >= 4 is 35.6 Å². The second kappa shape index (κ2) is 11.5. The van der Waals surface area contributed by atoms with Crippen LogP contribution >= 0.6 is 0 Å². The van der Waals surface area contributed by atoms with E-state index in [4.69, 9.17) is 19.9 Å². The van der Waals surface area contributed by atoms with Crippen LogP contribution in [0.1, 0.15) is 62.3 Å². The Balaban J connectivity index is 2.30. The van der Waals surface area contributed by atoms with Crippen molar-refractivity contribution in [2.24, 2.45) is 5.92 Å². The van der Waals surface area contributed by atoms with Crippen LogP contribution in [0, 0.1) is 5.92 Å². The number of carbonyl (C=O) groups excluding carboxylic acids is 3. The molecule has 0 radical (unpaired) electrons. The fraction of sp³-hybridized carbons (Fsp3) is 0.708. The Morgan fingerprint density at radius 1 is 1.11 bits per heavy atom. The summed E-state index contributed by atoms with van der Waals surface area (Å²) in [6, 6.07) is -2.16. The fourth-order valence-corrected chi connectivity index (χ4v) is 3.67. The van der Waals surface area contributed by atoms with Gasteiger partial charge < -0.3 is 35.7 Å². The second-order valence-corrected chi connectivity index (χ2v) is 11.4. The Bertz CT molecular complexity index is 1090. The minimum atomic E-state index is -1.47. The maximum atomic E-state index is 13.2. The van der Waals surface area contributed by atoms with Gasteiger partial charge >= 0.3 is 18.2 Å². The van der Waals surface area contributed by atoms with Crippen LogP contribution in [-0.2, 0) is 19.0 Å². The average molecular weight is 541 g/mol. The molecule has 4 unspecified atom stereocenters. The molecule has 1 aliphatic rings. The number of carbonyl (C=O) groups is 3. The van der Waals surface area contributed by atoms with Gasteiger partial charge in [0.1, 0.15) is 29.5 Å². The van der Waals surface area contributed by atoms with Gasteiger partial charge in [-0.05, 0) is 54.4 Å². The summed E-state index contributed by atoms with van der Waals surface area (Å²) in [5, 5.41) is 16.6. The molecule has 2 amide bonds. The van der Waals surface area contributed by atoms with E-state index in [1.54, 1.807) is 55.4 Å². The first-order chi connectivity index (χ1) is 17.3. The number of aliphatic hydroxyl groups is 1. The average Bonchev–Trinajstić information content (AvgIpc) is 2.73. The Kier molecular flexibility index (Phi) is 9.25. The van der Waals surface area contributed by atoms with Gasteiger partial charge in [0, 0.05) is 6.54 Å². The number of nitrogens with two attached hydrogens (primary N) is 1. The maximum Gasteiger partial charge on any atom is 0.415 e. The lowest BCUT2D eigenvalue weighted by Crippen LogP contribution is -2.59. The molecule has 2 heterocycles. The third-order valence-corrected chi connectivity index (χ3v) is 5.32. The number of anilines is 3. The zero-order valence-electron chi connectivity index (χ0n) is 23.4. The lowest BCUT2D eigenvalue weighted by molar-refractivity contribution is -0.158. The van der Waals surface area contributed by atoms with Gasteiger partial charge in [0.25, 0.3) is 5.56 Å². The van der Waals surface area contributed by atoms with E-state index >= 15 is 0 Å². The van der Waals surface area contributed by atoms with Crippen molar-refractivity contribution in [2.75, 3.05) is 22.5 Å². The number of H-pyrrole nitrogens is 1. The fourth-order valence-electron chi connectivity index (χ4n) is 3.67. The van der Waals surface area contributed by atoms with E-state index < -0.39 is 59.2 Å². The molecule has 0 aliphatic carbocycles. The number of aromatic nitrogens is 2. The number of fused-ring (bicyclic) bond motifs is 1. The first kappa shape index (κ1) is 30.7. The van der Waals surface area contributed by atoms with Gasteiger partial charge in [0.05, 0.1) is 6.04 Å². The van der Waals surface area contributed by atoms with E-state index in [-0.39, 0.29) is 29.9 Å². The minimum Gasteiger partial charge on any atom is -0.458 e. The maximum absolute atomic E-state index is 13.2. The van der Waals surface area contributed by atoms with Crippen LogP contribution in [0.5, 0.6) is 0 Å². The lowest BCUT2D eigenvalue weighted by atomic mass is 10.0. The van der Waals surface area contributed by atoms with Crippen LogP contribution in [0.15, 0.2) is 4.79 Å². The van der Waals surface area contributed by atoms with Crippen molar-refractivity contribution in [1.82, 2.24) is 15.3 Å². The molecule has 14 heteroatoms. The van der Waals surface area contributed by atoms with E-state index in [9.17, 15) is 24.3 Å². The molecular formula is C24H40N6O8. The SMILES string of the molecule is CC(C)C(NC(=O)OC(C)(C)C)C(=O)OC(C)C(O)C1CNc2nc(N)[nH]c(=O)c2N1C(=O)OC(C)(C)C. The third kappa shape index (κ3) is 7.97. The molecule has 1 aromatic heterocycles.